The molecule has 22 heavy (non-hydrogen) atoms. The zero-order valence-electron chi connectivity index (χ0n) is 12.0. The summed E-state index contributed by atoms with van der Waals surface area (Å²) >= 11 is 1.32. The Morgan fingerprint density at radius 3 is 2.50 bits per heavy atom. The average Bonchev–Trinajstić information content (AvgIpc) is 3.01. The summed E-state index contributed by atoms with van der Waals surface area (Å²) in [6.45, 7) is 0. The van der Waals surface area contributed by atoms with Gasteiger partial charge in [-0.3, -0.25) is 4.79 Å². The molecule has 0 radical (unpaired) electrons. The van der Waals surface area contributed by atoms with Crippen LogP contribution in [0.4, 0.5) is 0 Å². The van der Waals surface area contributed by atoms with Gasteiger partial charge < -0.3 is 9.47 Å². The zero-order chi connectivity index (χ0) is 15.5. The first-order chi connectivity index (χ1) is 10.7. The largest absolute Gasteiger partial charge is 0.497 e. The van der Waals surface area contributed by atoms with Crippen molar-refractivity contribution >= 4 is 28.4 Å². The molecule has 0 amide bonds. The summed E-state index contributed by atoms with van der Waals surface area (Å²) in [5.74, 6) is 1.40. The second-order valence-electron chi connectivity index (χ2n) is 4.43. The maximum absolute atomic E-state index is 11.9. The Hall–Kier alpha value is -2.67. The van der Waals surface area contributed by atoms with E-state index in [9.17, 15) is 4.79 Å². The minimum absolute atomic E-state index is 0.200. The minimum atomic E-state index is -0.200. The van der Waals surface area contributed by atoms with Crippen molar-refractivity contribution in [3.05, 3.63) is 51.4 Å². The molecule has 0 fully saturated rings. The van der Waals surface area contributed by atoms with Gasteiger partial charge in [-0.2, -0.15) is 9.61 Å². The summed E-state index contributed by atoms with van der Waals surface area (Å²) in [5, 5.41) is 3.93. The van der Waals surface area contributed by atoms with Gasteiger partial charge in [0, 0.05) is 12.1 Å². The first-order valence-corrected chi connectivity index (χ1v) is 7.32. The fourth-order valence-corrected chi connectivity index (χ4v) is 2.60. The van der Waals surface area contributed by atoms with Crippen LogP contribution in [0.2, 0.25) is 0 Å². The highest BCUT2D eigenvalue weighted by Crippen LogP contribution is 2.23. The van der Waals surface area contributed by atoms with Gasteiger partial charge in [-0.05, 0) is 23.8 Å². The van der Waals surface area contributed by atoms with E-state index in [1.807, 2.05) is 18.2 Å². The van der Waals surface area contributed by atoms with E-state index < -0.39 is 0 Å². The third-order valence-electron chi connectivity index (χ3n) is 3.03. The lowest BCUT2D eigenvalue weighted by molar-refractivity contribution is 0.394. The van der Waals surface area contributed by atoms with Crippen molar-refractivity contribution in [1.29, 1.82) is 0 Å². The molecule has 2 heterocycles. The minimum Gasteiger partial charge on any atom is -0.497 e. The molecule has 0 saturated carbocycles. The zero-order valence-corrected chi connectivity index (χ0v) is 12.8. The number of hydrogen-bond acceptors (Lipinski definition) is 6. The molecule has 0 atom stereocenters. The summed E-state index contributed by atoms with van der Waals surface area (Å²) in [6, 6.07) is 6.99. The van der Waals surface area contributed by atoms with E-state index in [-0.39, 0.29) is 5.56 Å². The third kappa shape index (κ3) is 2.84. The Kier molecular flexibility index (Phi) is 3.88. The smallest absolute Gasteiger partial charge is 0.275 e. The van der Waals surface area contributed by atoms with Gasteiger partial charge in [0.1, 0.15) is 17.0 Å². The highest BCUT2D eigenvalue weighted by molar-refractivity contribution is 7.14. The van der Waals surface area contributed by atoms with Gasteiger partial charge in [-0.25, -0.2) is 4.98 Å². The predicted octanol–water partition coefficient (Wildman–Crippen LogP) is 2.34. The molecular weight excluding hydrogens is 302 g/mol. The molecule has 7 heteroatoms. The van der Waals surface area contributed by atoms with Gasteiger partial charge in [0.25, 0.3) is 5.56 Å². The molecule has 0 N–H and O–H groups in total. The number of fused-ring (bicyclic) bond motifs is 1. The first-order valence-electron chi connectivity index (χ1n) is 6.44. The summed E-state index contributed by atoms with van der Waals surface area (Å²) in [6.07, 6.45) is 3.62. The Labute approximate surface area is 130 Å². The molecule has 0 aliphatic carbocycles. The molecular formula is C15H13N3O3S. The average molecular weight is 315 g/mol. The van der Waals surface area contributed by atoms with Crippen LogP contribution in [0.25, 0.3) is 17.1 Å². The molecule has 3 rings (SSSR count). The van der Waals surface area contributed by atoms with Crippen molar-refractivity contribution in [3.63, 3.8) is 0 Å². The van der Waals surface area contributed by atoms with Gasteiger partial charge in [0.05, 0.1) is 19.9 Å². The fourth-order valence-electron chi connectivity index (χ4n) is 1.97. The normalized spacial score (nSPS) is 11.2. The van der Waals surface area contributed by atoms with Gasteiger partial charge in [-0.15, -0.1) is 0 Å². The standard InChI is InChI=1S/C15H13N3O3S/c1-20-12-5-10(6-13(8-12)21-2)3-4-11-7-14(19)18-15(17-11)22-9-16-18/h3-9H,1-2H3. The van der Waals surface area contributed by atoms with E-state index in [1.165, 1.54) is 21.9 Å². The van der Waals surface area contributed by atoms with Crippen LogP contribution >= 0.6 is 11.3 Å². The third-order valence-corrected chi connectivity index (χ3v) is 3.70. The number of rotatable bonds is 4. The molecule has 6 nitrogen and oxygen atoms in total. The summed E-state index contributed by atoms with van der Waals surface area (Å²) < 4.78 is 11.7. The molecule has 0 saturated heterocycles. The van der Waals surface area contributed by atoms with E-state index in [0.717, 1.165) is 5.56 Å². The van der Waals surface area contributed by atoms with Crippen LogP contribution in [-0.2, 0) is 0 Å². The lowest BCUT2D eigenvalue weighted by Crippen LogP contribution is -2.13. The van der Waals surface area contributed by atoms with Crippen molar-refractivity contribution in [3.8, 4) is 11.5 Å². The Morgan fingerprint density at radius 1 is 1.09 bits per heavy atom. The lowest BCUT2D eigenvalue weighted by Gasteiger charge is -2.05. The van der Waals surface area contributed by atoms with Crippen molar-refractivity contribution in [1.82, 2.24) is 14.6 Å². The van der Waals surface area contributed by atoms with Crippen molar-refractivity contribution in [2.45, 2.75) is 0 Å². The lowest BCUT2D eigenvalue weighted by atomic mass is 10.1. The molecule has 0 unspecified atom stereocenters. The molecule has 0 aliphatic heterocycles. The van der Waals surface area contributed by atoms with Crippen molar-refractivity contribution < 1.29 is 9.47 Å². The second-order valence-corrected chi connectivity index (χ2v) is 5.24. The van der Waals surface area contributed by atoms with Crippen molar-refractivity contribution in [2.24, 2.45) is 0 Å². The molecule has 3 aromatic rings. The highest BCUT2D eigenvalue weighted by Gasteiger charge is 2.03. The molecule has 2 aromatic heterocycles. The quantitative estimate of drug-likeness (QED) is 0.739. The molecule has 112 valence electrons. The summed E-state index contributed by atoms with van der Waals surface area (Å²) in [4.78, 5) is 16.8. The van der Waals surface area contributed by atoms with Gasteiger partial charge in [0.2, 0.25) is 4.96 Å². The van der Waals surface area contributed by atoms with Crippen LogP contribution < -0.4 is 15.0 Å². The summed E-state index contributed by atoms with van der Waals surface area (Å²) in [5.41, 5.74) is 2.86. The van der Waals surface area contributed by atoms with E-state index >= 15 is 0 Å². The first kappa shape index (κ1) is 14.3. The fraction of sp³-hybridized carbons (Fsp3) is 0.133. The second kappa shape index (κ2) is 5.98. The van der Waals surface area contributed by atoms with E-state index in [2.05, 4.69) is 10.1 Å². The molecule has 1 aromatic carbocycles. The van der Waals surface area contributed by atoms with Gasteiger partial charge >= 0.3 is 0 Å². The van der Waals surface area contributed by atoms with Crippen LogP contribution in [0.3, 0.4) is 0 Å². The number of ether oxygens (including phenoxy) is 2. The van der Waals surface area contributed by atoms with E-state index in [1.54, 1.807) is 31.9 Å². The number of methoxy groups -OCH3 is 2. The van der Waals surface area contributed by atoms with Crippen LogP contribution in [0.15, 0.2) is 34.6 Å². The van der Waals surface area contributed by atoms with Crippen molar-refractivity contribution in [2.75, 3.05) is 14.2 Å². The van der Waals surface area contributed by atoms with Crippen LogP contribution in [0, 0.1) is 0 Å². The number of nitrogens with zero attached hydrogens (tertiary/aromatic N) is 3. The monoisotopic (exact) mass is 315 g/mol. The Balaban J connectivity index is 1.97. The maximum atomic E-state index is 11.9. The van der Waals surface area contributed by atoms with E-state index in [4.69, 9.17) is 9.47 Å². The summed E-state index contributed by atoms with van der Waals surface area (Å²) in [7, 11) is 3.20. The number of hydrogen-bond donors (Lipinski definition) is 0. The molecule has 0 bridgehead atoms. The Bertz CT molecular complexity index is 876. The van der Waals surface area contributed by atoms with Crippen LogP contribution in [0.1, 0.15) is 11.3 Å². The van der Waals surface area contributed by atoms with E-state index in [0.29, 0.717) is 22.2 Å². The predicted molar refractivity (Wildman–Crippen MR) is 85.6 cm³/mol. The number of benzene rings is 1. The van der Waals surface area contributed by atoms with Crippen LogP contribution in [-0.4, -0.2) is 28.8 Å². The van der Waals surface area contributed by atoms with Gasteiger partial charge in [-0.1, -0.05) is 17.4 Å². The molecule has 0 spiro atoms. The highest BCUT2D eigenvalue weighted by atomic mass is 32.1. The SMILES string of the molecule is COc1cc(C=Cc2cc(=O)n3ncsc3n2)cc(OC)c1. The van der Waals surface area contributed by atoms with Crippen LogP contribution in [0.5, 0.6) is 11.5 Å². The molecule has 0 aliphatic rings. The Morgan fingerprint density at radius 2 is 1.82 bits per heavy atom. The number of aromatic nitrogens is 3. The topological polar surface area (TPSA) is 65.7 Å². The van der Waals surface area contributed by atoms with Gasteiger partial charge in [0.15, 0.2) is 0 Å². The maximum Gasteiger partial charge on any atom is 0.275 e.